The highest BCUT2D eigenvalue weighted by molar-refractivity contribution is 7.89. The van der Waals surface area contributed by atoms with Crippen molar-refractivity contribution < 1.29 is 18.0 Å². The molecule has 0 bridgehead atoms. The molecule has 136 valence electrons. The van der Waals surface area contributed by atoms with Crippen molar-refractivity contribution in [1.29, 1.82) is 0 Å². The first kappa shape index (κ1) is 18.3. The molecule has 0 aromatic heterocycles. The first-order chi connectivity index (χ1) is 12.3. The van der Waals surface area contributed by atoms with Crippen LogP contribution in [0.5, 0.6) is 0 Å². The lowest BCUT2D eigenvalue weighted by atomic mass is 9.98. The third-order valence-corrected chi connectivity index (χ3v) is 5.69. The maximum absolute atomic E-state index is 12.9. The van der Waals surface area contributed by atoms with Gasteiger partial charge in [0.05, 0.1) is 16.0 Å². The van der Waals surface area contributed by atoms with Gasteiger partial charge < -0.3 is 0 Å². The highest BCUT2D eigenvalue weighted by atomic mass is 32.2. The Morgan fingerprint density at radius 1 is 0.962 bits per heavy atom. The second-order valence-corrected chi connectivity index (χ2v) is 8.42. The summed E-state index contributed by atoms with van der Waals surface area (Å²) in [5, 5.41) is 2.16. The van der Waals surface area contributed by atoms with Crippen LogP contribution >= 0.6 is 0 Å². The van der Waals surface area contributed by atoms with Gasteiger partial charge in [-0.25, -0.2) is 13.1 Å². The lowest BCUT2D eigenvalue weighted by molar-refractivity contribution is 0.0879. The number of fused-ring (bicyclic) bond motifs is 1. The Labute approximate surface area is 152 Å². The van der Waals surface area contributed by atoms with Crippen molar-refractivity contribution in [3.63, 3.8) is 0 Å². The molecule has 3 rings (SSSR count). The minimum atomic E-state index is -3.86. The van der Waals surface area contributed by atoms with E-state index in [1.807, 2.05) is 44.2 Å². The standard InChI is InChI=1S/C19H20N2O4S/c1-12(2)10-17(13-6-4-3-5-7-13)21-26(24,25)14-8-9-15-16(11-14)19(23)20-18(15)22/h3-9,11-12,17,21H,10H2,1-2H3,(H,20,22,23). The number of carbonyl (C=O) groups excluding carboxylic acids is 2. The van der Waals surface area contributed by atoms with Gasteiger partial charge in [-0.1, -0.05) is 44.2 Å². The molecule has 2 N–H and O–H groups in total. The van der Waals surface area contributed by atoms with Crippen LogP contribution in [0.15, 0.2) is 53.4 Å². The first-order valence-electron chi connectivity index (χ1n) is 8.35. The molecule has 1 aliphatic heterocycles. The highest BCUT2D eigenvalue weighted by Gasteiger charge is 2.29. The number of hydrogen-bond donors (Lipinski definition) is 2. The topological polar surface area (TPSA) is 92.3 Å². The Morgan fingerprint density at radius 2 is 1.62 bits per heavy atom. The summed E-state index contributed by atoms with van der Waals surface area (Å²) in [5.74, 6) is -0.806. The van der Waals surface area contributed by atoms with Gasteiger partial charge in [-0.15, -0.1) is 0 Å². The second kappa shape index (κ2) is 7.01. The van der Waals surface area contributed by atoms with Crippen LogP contribution < -0.4 is 10.0 Å². The minimum absolute atomic E-state index is 0.0363. The molecular formula is C19H20N2O4S. The molecule has 0 saturated carbocycles. The first-order valence-corrected chi connectivity index (χ1v) is 9.83. The molecule has 0 radical (unpaired) electrons. The van der Waals surface area contributed by atoms with E-state index >= 15 is 0 Å². The molecule has 0 aliphatic carbocycles. The Kier molecular flexibility index (Phi) is 4.93. The maximum atomic E-state index is 12.9. The van der Waals surface area contributed by atoms with E-state index in [9.17, 15) is 18.0 Å². The minimum Gasteiger partial charge on any atom is -0.288 e. The zero-order chi connectivity index (χ0) is 18.9. The smallest absolute Gasteiger partial charge is 0.258 e. The highest BCUT2D eigenvalue weighted by Crippen LogP contribution is 2.25. The molecule has 7 heteroatoms. The molecule has 2 aromatic carbocycles. The van der Waals surface area contributed by atoms with Gasteiger partial charge in [0.25, 0.3) is 11.8 Å². The quantitative estimate of drug-likeness (QED) is 0.763. The molecule has 2 aromatic rings. The Bertz CT molecular complexity index is 953. The summed E-state index contributed by atoms with van der Waals surface area (Å²) in [6.07, 6.45) is 0.632. The molecule has 1 unspecified atom stereocenters. The van der Waals surface area contributed by atoms with E-state index in [4.69, 9.17) is 0 Å². The van der Waals surface area contributed by atoms with Gasteiger partial charge in [0.2, 0.25) is 10.0 Å². The Balaban J connectivity index is 1.93. The largest absolute Gasteiger partial charge is 0.288 e. The van der Waals surface area contributed by atoms with E-state index in [2.05, 4.69) is 10.0 Å². The van der Waals surface area contributed by atoms with Gasteiger partial charge >= 0.3 is 0 Å². The molecule has 26 heavy (non-hydrogen) atoms. The molecule has 1 aliphatic rings. The molecule has 0 spiro atoms. The van der Waals surface area contributed by atoms with E-state index in [1.165, 1.54) is 18.2 Å². The summed E-state index contributed by atoms with van der Waals surface area (Å²) < 4.78 is 28.4. The van der Waals surface area contributed by atoms with Gasteiger partial charge in [0.1, 0.15) is 0 Å². The summed E-state index contributed by atoms with van der Waals surface area (Å²) in [4.78, 5) is 23.4. The molecule has 1 heterocycles. The van der Waals surface area contributed by atoms with E-state index in [1.54, 1.807) is 0 Å². The third kappa shape index (κ3) is 3.68. The molecule has 0 fully saturated rings. The molecule has 6 nitrogen and oxygen atoms in total. The average Bonchev–Trinajstić information content (AvgIpc) is 2.88. The van der Waals surface area contributed by atoms with Crippen LogP contribution in [0.3, 0.4) is 0 Å². The van der Waals surface area contributed by atoms with Gasteiger partial charge in [-0.05, 0) is 36.1 Å². The van der Waals surface area contributed by atoms with Gasteiger partial charge in [-0.2, -0.15) is 0 Å². The van der Waals surface area contributed by atoms with Crippen molar-refractivity contribution >= 4 is 21.8 Å². The molecular weight excluding hydrogens is 352 g/mol. The van der Waals surface area contributed by atoms with Crippen LogP contribution in [0.4, 0.5) is 0 Å². The fraction of sp³-hybridized carbons (Fsp3) is 0.263. The number of imide groups is 1. The lowest BCUT2D eigenvalue weighted by Gasteiger charge is -2.21. The van der Waals surface area contributed by atoms with Gasteiger partial charge in [0, 0.05) is 6.04 Å². The monoisotopic (exact) mass is 372 g/mol. The van der Waals surface area contributed by atoms with Crippen molar-refractivity contribution in [1.82, 2.24) is 10.0 Å². The second-order valence-electron chi connectivity index (χ2n) is 6.70. The fourth-order valence-electron chi connectivity index (χ4n) is 2.98. The number of carbonyl (C=O) groups is 2. The number of benzene rings is 2. The summed E-state index contributed by atoms with van der Waals surface area (Å²) in [6.45, 7) is 4.05. The van der Waals surface area contributed by atoms with Crippen LogP contribution in [-0.2, 0) is 10.0 Å². The van der Waals surface area contributed by atoms with Crippen molar-refractivity contribution in [3.8, 4) is 0 Å². The number of sulfonamides is 1. The maximum Gasteiger partial charge on any atom is 0.258 e. The number of hydrogen-bond acceptors (Lipinski definition) is 4. The predicted molar refractivity (Wildman–Crippen MR) is 97.2 cm³/mol. The van der Waals surface area contributed by atoms with E-state index in [0.29, 0.717) is 6.42 Å². The number of amides is 2. The molecule has 1 atom stereocenters. The number of rotatable bonds is 6. The number of nitrogens with one attached hydrogen (secondary N) is 2. The summed E-state index contributed by atoms with van der Waals surface area (Å²) >= 11 is 0. The van der Waals surface area contributed by atoms with Crippen LogP contribution in [0, 0.1) is 5.92 Å². The third-order valence-electron chi connectivity index (χ3n) is 4.22. The zero-order valence-corrected chi connectivity index (χ0v) is 15.3. The summed E-state index contributed by atoms with van der Waals surface area (Å²) in [5.41, 5.74) is 1.15. The molecule has 2 amide bonds. The fourth-order valence-corrected chi connectivity index (χ4v) is 4.24. The lowest BCUT2D eigenvalue weighted by Crippen LogP contribution is -2.29. The normalized spacial score (nSPS) is 15.0. The van der Waals surface area contributed by atoms with E-state index < -0.39 is 21.8 Å². The SMILES string of the molecule is CC(C)CC(NS(=O)(=O)c1ccc2c(c1)C(=O)NC2=O)c1ccccc1. The average molecular weight is 372 g/mol. The summed E-state index contributed by atoms with van der Waals surface area (Å²) in [6, 6.07) is 12.9. The van der Waals surface area contributed by atoms with Crippen LogP contribution in [-0.4, -0.2) is 20.2 Å². The summed E-state index contributed by atoms with van der Waals surface area (Å²) in [7, 11) is -3.86. The van der Waals surface area contributed by atoms with E-state index in [0.717, 1.165) is 5.56 Å². The zero-order valence-electron chi connectivity index (χ0n) is 14.5. The Morgan fingerprint density at radius 3 is 2.27 bits per heavy atom. The van der Waals surface area contributed by atoms with Crippen molar-refractivity contribution in [2.75, 3.05) is 0 Å². The Hall–Kier alpha value is -2.51. The van der Waals surface area contributed by atoms with Crippen molar-refractivity contribution in [3.05, 3.63) is 65.2 Å². The van der Waals surface area contributed by atoms with Crippen LogP contribution in [0.2, 0.25) is 0 Å². The predicted octanol–water partition coefficient (Wildman–Crippen LogP) is 2.64. The van der Waals surface area contributed by atoms with Gasteiger partial charge in [-0.3, -0.25) is 14.9 Å². The molecule has 0 saturated heterocycles. The van der Waals surface area contributed by atoms with Crippen LogP contribution in [0.25, 0.3) is 0 Å². The van der Waals surface area contributed by atoms with E-state index in [-0.39, 0.29) is 28.0 Å². The van der Waals surface area contributed by atoms with Gasteiger partial charge in [0.15, 0.2) is 0 Å². The van der Waals surface area contributed by atoms with Crippen molar-refractivity contribution in [2.45, 2.75) is 31.2 Å². The van der Waals surface area contributed by atoms with Crippen LogP contribution in [0.1, 0.15) is 52.6 Å². The van der Waals surface area contributed by atoms with Crippen molar-refractivity contribution in [2.24, 2.45) is 5.92 Å².